The first-order valence-corrected chi connectivity index (χ1v) is 5.20. The zero-order chi connectivity index (χ0) is 11.0. The molecule has 0 saturated carbocycles. The molecule has 80 valence electrons. The summed E-state index contributed by atoms with van der Waals surface area (Å²) in [5, 5.41) is 0.584. The Labute approximate surface area is 93.6 Å². The second-order valence-electron chi connectivity index (χ2n) is 3.76. The lowest BCUT2D eigenvalue weighted by Crippen LogP contribution is -2.24. The van der Waals surface area contributed by atoms with Crippen molar-refractivity contribution in [3.8, 4) is 0 Å². The van der Waals surface area contributed by atoms with Gasteiger partial charge in [0.15, 0.2) is 0 Å². The molecule has 2 rings (SSSR count). The van der Waals surface area contributed by atoms with Crippen LogP contribution in [-0.2, 0) is 4.74 Å². The van der Waals surface area contributed by atoms with Crippen molar-refractivity contribution < 1.29 is 9.53 Å². The van der Waals surface area contributed by atoms with E-state index in [4.69, 9.17) is 16.3 Å². The minimum atomic E-state index is -0.326. The van der Waals surface area contributed by atoms with Gasteiger partial charge in [0.1, 0.15) is 6.10 Å². The standard InChI is InChI=1S/C11H12ClNO2/c1-7-3-4-10(9(12)5-7)13-6-8(2)15-11(13)14/h3-5,8H,6H2,1-2H3. The number of halogens is 1. The Bertz CT molecular complexity index is 406. The van der Waals surface area contributed by atoms with Crippen LogP contribution in [0.1, 0.15) is 12.5 Å². The summed E-state index contributed by atoms with van der Waals surface area (Å²) in [4.78, 5) is 13.0. The molecule has 0 bridgehead atoms. The predicted octanol–water partition coefficient (Wildman–Crippen LogP) is 2.99. The van der Waals surface area contributed by atoms with Gasteiger partial charge in [0.2, 0.25) is 0 Å². The molecule has 4 heteroatoms. The van der Waals surface area contributed by atoms with Crippen molar-refractivity contribution in [2.75, 3.05) is 11.4 Å². The monoisotopic (exact) mass is 225 g/mol. The van der Waals surface area contributed by atoms with Crippen molar-refractivity contribution in [2.45, 2.75) is 20.0 Å². The Hall–Kier alpha value is -1.22. The lowest BCUT2D eigenvalue weighted by Gasteiger charge is -2.14. The maximum atomic E-state index is 11.5. The fraction of sp³-hybridized carbons (Fsp3) is 0.364. The van der Waals surface area contributed by atoms with Crippen molar-refractivity contribution in [3.05, 3.63) is 28.8 Å². The number of rotatable bonds is 1. The van der Waals surface area contributed by atoms with Gasteiger partial charge in [-0.2, -0.15) is 0 Å². The second-order valence-corrected chi connectivity index (χ2v) is 4.17. The number of anilines is 1. The number of amides is 1. The van der Waals surface area contributed by atoms with E-state index in [1.807, 2.05) is 32.0 Å². The van der Waals surface area contributed by atoms with Crippen LogP contribution in [0.15, 0.2) is 18.2 Å². The molecule has 3 nitrogen and oxygen atoms in total. The van der Waals surface area contributed by atoms with Crippen LogP contribution in [0.4, 0.5) is 10.5 Å². The summed E-state index contributed by atoms with van der Waals surface area (Å²) in [5.74, 6) is 0. The molecule has 0 aliphatic carbocycles. The number of nitrogens with zero attached hydrogens (tertiary/aromatic N) is 1. The summed E-state index contributed by atoms with van der Waals surface area (Å²) >= 11 is 6.07. The van der Waals surface area contributed by atoms with E-state index in [2.05, 4.69) is 0 Å². The largest absolute Gasteiger partial charge is 0.444 e. The second kappa shape index (κ2) is 3.74. The SMILES string of the molecule is Cc1ccc(N2CC(C)OC2=O)c(Cl)c1. The smallest absolute Gasteiger partial charge is 0.414 e. The molecule has 1 amide bonds. The molecule has 0 radical (unpaired) electrons. The van der Waals surface area contributed by atoms with Gasteiger partial charge < -0.3 is 4.74 Å². The van der Waals surface area contributed by atoms with Gasteiger partial charge in [0.05, 0.1) is 17.3 Å². The third-order valence-corrected chi connectivity index (χ3v) is 2.66. The molecule has 0 N–H and O–H groups in total. The average Bonchev–Trinajstić information content (AvgIpc) is 2.45. The third-order valence-electron chi connectivity index (χ3n) is 2.36. The lowest BCUT2D eigenvalue weighted by atomic mass is 10.2. The first-order chi connectivity index (χ1) is 7.08. The first-order valence-electron chi connectivity index (χ1n) is 4.82. The van der Waals surface area contributed by atoms with E-state index in [0.717, 1.165) is 11.3 Å². The molecule has 1 aliphatic rings. The van der Waals surface area contributed by atoms with Crippen LogP contribution in [-0.4, -0.2) is 18.7 Å². The maximum Gasteiger partial charge on any atom is 0.414 e. The van der Waals surface area contributed by atoms with Crippen molar-refractivity contribution in [1.82, 2.24) is 0 Å². The zero-order valence-corrected chi connectivity index (χ0v) is 9.41. The number of hydrogen-bond acceptors (Lipinski definition) is 2. The minimum Gasteiger partial charge on any atom is -0.444 e. The summed E-state index contributed by atoms with van der Waals surface area (Å²) in [6.07, 6.45) is -0.400. The molecule has 1 saturated heterocycles. The highest BCUT2D eigenvalue weighted by Gasteiger charge is 2.30. The van der Waals surface area contributed by atoms with E-state index in [-0.39, 0.29) is 12.2 Å². The van der Waals surface area contributed by atoms with Gasteiger partial charge >= 0.3 is 6.09 Å². The molecule has 0 aromatic heterocycles. The van der Waals surface area contributed by atoms with E-state index in [1.165, 1.54) is 0 Å². The maximum absolute atomic E-state index is 11.5. The van der Waals surface area contributed by atoms with Crippen molar-refractivity contribution in [1.29, 1.82) is 0 Å². The molecular formula is C11H12ClNO2. The highest BCUT2D eigenvalue weighted by atomic mass is 35.5. The Kier molecular flexibility index (Phi) is 2.57. The van der Waals surface area contributed by atoms with Crippen LogP contribution in [0, 0.1) is 6.92 Å². The fourth-order valence-electron chi connectivity index (χ4n) is 1.63. The Morgan fingerprint density at radius 2 is 2.27 bits per heavy atom. The molecule has 1 aromatic carbocycles. The van der Waals surface area contributed by atoms with Crippen molar-refractivity contribution in [3.63, 3.8) is 0 Å². The van der Waals surface area contributed by atoms with Crippen molar-refractivity contribution in [2.24, 2.45) is 0 Å². The number of ether oxygens (including phenoxy) is 1. The molecule has 1 heterocycles. The minimum absolute atomic E-state index is 0.0742. The van der Waals surface area contributed by atoms with Gasteiger partial charge in [-0.05, 0) is 31.5 Å². The highest BCUT2D eigenvalue weighted by molar-refractivity contribution is 6.33. The van der Waals surface area contributed by atoms with E-state index in [9.17, 15) is 4.79 Å². The first kappa shape index (κ1) is 10.3. The zero-order valence-electron chi connectivity index (χ0n) is 8.66. The quantitative estimate of drug-likeness (QED) is 0.735. The normalized spacial score (nSPS) is 20.6. The van der Waals surface area contributed by atoms with Crippen LogP contribution < -0.4 is 4.90 Å². The van der Waals surface area contributed by atoms with Crippen LogP contribution in [0.2, 0.25) is 5.02 Å². The van der Waals surface area contributed by atoms with Gasteiger partial charge in [0.25, 0.3) is 0 Å². The average molecular weight is 226 g/mol. The van der Waals surface area contributed by atoms with E-state index in [0.29, 0.717) is 11.6 Å². The van der Waals surface area contributed by atoms with E-state index < -0.39 is 0 Å². The molecule has 0 spiro atoms. The molecule has 1 aromatic rings. The molecule has 1 fully saturated rings. The van der Waals surface area contributed by atoms with Crippen molar-refractivity contribution >= 4 is 23.4 Å². The van der Waals surface area contributed by atoms with Crippen LogP contribution in [0.3, 0.4) is 0 Å². The van der Waals surface area contributed by atoms with Gasteiger partial charge in [-0.15, -0.1) is 0 Å². The summed E-state index contributed by atoms with van der Waals surface area (Å²) < 4.78 is 5.04. The van der Waals surface area contributed by atoms with Gasteiger partial charge in [-0.25, -0.2) is 4.79 Å². The van der Waals surface area contributed by atoms with E-state index >= 15 is 0 Å². The number of aryl methyl sites for hydroxylation is 1. The number of hydrogen-bond donors (Lipinski definition) is 0. The summed E-state index contributed by atoms with van der Waals surface area (Å²) in [5.41, 5.74) is 1.79. The summed E-state index contributed by atoms with van der Waals surface area (Å²) in [6.45, 7) is 4.38. The lowest BCUT2D eigenvalue weighted by molar-refractivity contribution is 0.150. The molecule has 1 aliphatic heterocycles. The molecular weight excluding hydrogens is 214 g/mol. The summed E-state index contributed by atoms with van der Waals surface area (Å²) in [6, 6.07) is 5.61. The summed E-state index contributed by atoms with van der Waals surface area (Å²) in [7, 11) is 0. The Morgan fingerprint density at radius 3 is 2.80 bits per heavy atom. The van der Waals surface area contributed by atoms with E-state index in [1.54, 1.807) is 4.90 Å². The highest BCUT2D eigenvalue weighted by Crippen LogP contribution is 2.29. The number of benzene rings is 1. The van der Waals surface area contributed by atoms with Crippen LogP contribution in [0.25, 0.3) is 0 Å². The molecule has 1 atom stereocenters. The fourth-order valence-corrected chi connectivity index (χ4v) is 1.97. The number of carbonyl (C=O) groups excluding carboxylic acids is 1. The van der Waals surface area contributed by atoms with Gasteiger partial charge in [-0.3, -0.25) is 4.90 Å². The Balaban J connectivity index is 2.34. The topological polar surface area (TPSA) is 29.5 Å². The molecule has 15 heavy (non-hydrogen) atoms. The van der Waals surface area contributed by atoms with Gasteiger partial charge in [0, 0.05) is 0 Å². The number of cyclic esters (lactones) is 1. The number of carbonyl (C=O) groups is 1. The van der Waals surface area contributed by atoms with Crippen LogP contribution in [0.5, 0.6) is 0 Å². The third kappa shape index (κ3) is 1.92. The molecule has 1 unspecified atom stereocenters. The van der Waals surface area contributed by atoms with Crippen LogP contribution >= 0.6 is 11.6 Å². The predicted molar refractivity (Wildman–Crippen MR) is 59.5 cm³/mol. The Morgan fingerprint density at radius 1 is 1.53 bits per heavy atom. The van der Waals surface area contributed by atoms with Gasteiger partial charge in [-0.1, -0.05) is 17.7 Å².